The fraction of sp³-hybridized carbons (Fsp3) is 0.333. The van der Waals surface area contributed by atoms with Gasteiger partial charge < -0.3 is 14.1 Å². The first-order chi connectivity index (χ1) is 12.8. The minimum absolute atomic E-state index is 0.0276. The molecule has 144 valence electrons. The molecule has 2 atom stereocenters. The summed E-state index contributed by atoms with van der Waals surface area (Å²) in [5.41, 5.74) is 3.58. The van der Waals surface area contributed by atoms with Crippen LogP contribution in [-0.4, -0.2) is 21.0 Å². The highest BCUT2D eigenvalue weighted by atomic mass is 32.2. The Labute approximate surface area is 161 Å². The van der Waals surface area contributed by atoms with Crippen LogP contribution in [0.1, 0.15) is 38.1 Å². The van der Waals surface area contributed by atoms with E-state index in [1.54, 1.807) is 24.5 Å². The van der Waals surface area contributed by atoms with E-state index in [9.17, 15) is 14.0 Å². The summed E-state index contributed by atoms with van der Waals surface area (Å²) in [4.78, 5) is 0. The monoisotopic (exact) mass is 389 g/mol. The lowest BCUT2D eigenvalue weighted by molar-refractivity contribution is 0.282. The van der Waals surface area contributed by atoms with Crippen LogP contribution in [0.5, 0.6) is 0 Å². The number of benzene rings is 2. The van der Waals surface area contributed by atoms with Crippen LogP contribution in [0.4, 0.5) is 4.39 Å². The van der Waals surface area contributed by atoms with E-state index in [0.29, 0.717) is 11.1 Å². The van der Waals surface area contributed by atoms with Gasteiger partial charge in [-0.25, -0.2) is 4.39 Å². The van der Waals surface area contributed by atoms with Gasteiger partial charge in [-0.3, -0.25) is 0 Å². The van der Waals surface area contributed by atoms with Gasteiger partial charge in [-0.05, 0) is 61.7 Å². The second kappa shape index (κ2) is 8.02. The van der Waals surface area contributed by atoms with Gasteiger partial charge in [0.25, 0.3) is 0 Å². The molecule has 27 heavy (non-hydrogen) atoms. The van der Waals surface area contributed by atoms with E-state index in [-0.39, 0.29) is 13.2 Å². The second-order valence-electron chi connectivity index (χ2n) is 7.46. The molecule has 0 amide bonds. The molecule has 0 aliphatic rings. The van der Waals surface area contributed by atoms with Gasteiger partial charge >= 0.3 is 0 Å². The quantitative estimate of drug-likeness (QED) is 0.602. The molecule has 3 rings (SSSR count). The average Bonchev–Trinajstić information content (AvgIpc) is 3.12. The van der Waals surface area contributed by atoms with Gasteiger partial charge in [0.2, 0.25) is 0 Å². The van der Waals surface area contributed by atoms with Crippen molar-refractivity contribution in [3.8, 4) is 11.1 Å². The summed E-state index contributed by atoms with van der Waals surface area (Å²) in [5, 5.41) is 10.4. The topological polar surface area (TPSA) is 68.5 Å². The third-order valence-corrected chi connectivity index (χ3v) is 5.84. The van der Waals surface area contributed by atoms with Crippen molar-refractivity contribution in [2.24, 2.45) is 0 Å². The molecule has 0 spiro atoms. The van der Waals surface area contributed by atoms with Crippen molar-refractivity contribution in [3.05, 3.63) is 59.9 Å². The Morgan fingerprint density at radius 3 is 2.70 bits per heavy atom. The van der Waals surface area contributed by atoms with Crippen molar-refractivity contribution in [2.45, 2.75) is 38.3 Å². The van der Waals surface area contributed by atoms with E-state index in [0.717, 1.165) is 22.1 Å². The number of furan rings is 1. The summed E-state index contributed by atoms with van der Waals surface area (Å²) in [6.45, 7) is 5.41. The number of nitrogens with one attached hydrogen (secondary N) is 1. The maximum Gasteiger partial charge on any atom is 0.142 e. The Hall–Kier alpha value is -1.86. The molecule has 2 aromatic carbocycles. The van der Waals surface area contributed by atoms with Crippen LogP contribution in [0.15, 0.2) is 53.1 Å². The SMILES string of the molecule is CC(C)(C)[S+]([O-])NC[C@H](F)c1cccc(-c2cc(CO)cc3ccoc23)c1. The van der Waals surface area contributed by atoms with Gasteiger partial charge in [0.15, 0.2) is 0 Å². The lowest BCUT2D eigenvalue weighted by Crippen LogP contribution is -2.40. The molecule has 0 saturated carbocycles. The van der Waals surface area contributed by atoms with Crippen LogP contribution in [0.3, 0.4) is 0 Å². The highest BCUT2D eigenvalue weighted by Gasteiger charge is 2.27. The molecular weight excluding hydrogens is 365 g/mol. The van der Waals surface area contributed by atoms with Crippen molar-refractivity contribution in [1.29, 1.82) is 0 Å². The largest absolute Gasteiger partial charge is 0.598 e. The zero-order valence-corrected chi connectivity index (χ0v) is 16.5. The number of aliphatic hydroxyl groups excluding tert-OH is 1. The van der Waals surface area contributed by atoms with Crippen molar-refractivity contribution in [1.82, 2.24) is 4.72 Å². The summed E-state index contributed by atoms with van der Waals surface area (Å²) in [5.74, 6) is 0. The second-order valence-corrected chi connectivity index (χ2v) is 9.51. The van der Waals surface area contributed by atoms with Gasteiger partial charge in [0.05, 0.1) is 19.4 Å². The van der Waals surface area contributed by atoms with Gasteiger partial charge in [0, 0.05) is 22.3 Å². The molecular formula is C21H24FNO3S. The number of fused-ring (bicyclic) bond motifs is 1. The zero-order valence-electron chi connectivity index (χ0n) is 15.7. The molecule has 4 nitrogen and oxygen atoms in total. The van der Waals surface area contributed by atoms with Crippen LogP contribution >= 0.6 is 0 Å². The van der Waals surface area contributed by atoms with E-state index in [1.165, 1.54) is 0 Å². The molecule has 3 aromatic rings. The van der Waals surface area contributed by atoms with Crippen molar-refractivity contribution >= 4 is 22.3 Å². The third-order valence-electron chi connectivity index (χ3n) is 4.30. The molecule has 0 radical (unpaired) electrons. The smallest absolute Gasteiger partial charge is 0.142 e. The molecule has 0 fully saturated rings. The lowest BCUT2D eigenvalue weighted by atomic mass is 9.98. The molecule has 0 saturated heterocycles. The van der Waals surface area contributed by atoms with Crippen LogP contribution in [-0.2, 0) is 18.0 Å². The lowest BCUT2D eigenvalue weighted by Gasteiger charge is -2.24. The molecule has 0 aliphatic carbocycles. The summed E-state index contributed by atoms with van der Waals surface area (Å²) in [6, 6.07) is 12.7. The normalized spacial score (nSPS) is 14.4. The average molecular weight is 389 g/mol. The summed E-state index contributed by atoms with van der Waals surface area (Å²) in [7, 11) is 0. The number of alkyl halides is 1. The van der Waals surface area contributed by atoms with Gasteiger partial charge in [-0.2, -0.15) is 0 Å². The van der Waals surface area contributed by atoms with Crippen LogP contribution in [0, 0.1) is 0 Å². The minimum atomic E-state index is -1.32. The van der Waals surface area contributed by atoms with E-state index in [4.69, 9.17) is 4.42 Å². The number of hydrogen-bond donors (Lipinski definition) is 2. The number of hydrogen-bond acceptors (Lipinski definition) is 4. The predicted octanol–water partition coefficient (Wildman–Crippen LogP) is 4.65. The maximum absolute atomic E-state index is 14.7. The van der Waals surface area contributed by atoms with E-state index < -0.39 is 22.3 Å². The van der Waals surface area contributed by atoms with Crippen molar-refractivity contribution in [3.63, 3.8) is 0 Å². The van der Waals surface area contributed by atoms with Crippen LogP contribution in [0.25, 0.3) is 22.1 Å². The molecule has 1 aromatic heterocycles. The van der Waals surface area contributed by atoms with Crippen LogP contribution < -0.4 is 4.72 Å². The maximum atomic E-state index is 14.7. The number of rotatable bonds is 6. The standard InChI is InChI=1S/C21H24FNO3S/c1-21(2,3)27(25)23-12-19(22)16-6-4-5-15(11-16)18-10-14(13-24)9-17-7-8-26-20(17)18/h4-11,19,23-24H,12-13H2,1-3H3/t19-,27?/m0/s1. The molecule has 1 heterocycles. The summed E-state index contributed by atoms with van der Waals surface area (Å²) < 4.78 is 34.7. The highest BCUT2D eigenvalue weighted by Crippen LogP contribution is 2.33. The van der Waals surface area contributed by atoms with E-state index >= 15 is 0 Å². The van der Waals surface area contributed by atoms with E-state index in [2.05, 4.69) is 4.72 Å². The Morgan fingerprint density at radius 2 is 2.00 bits per heavy atom. The van der Waals surface area contributed by atoms with E-state index in [1.807, 2.05) is 45.0 Å². The fourth-order valence-corrected chi connectivity index (χ4v) is 3.56. The van der Waals surface area contributed by atoms with Gasteiger partial charge in [-0.1, -0.05) is 18.2 Å². The Morgan fingerprint density at radius 1 is 1.22 bits per heavy atom. The third kappa shape index (κ3) is 4.52. The first kappa shape index (κ1) is 19.9. The molecule has 0 aliphatic heterocycles. The molecule has 0 bridgehead atoms. The fourth-order valence-electron chi connectivity index (χ4n) is 2.83. The predicted molar refractivity (Wildman–Crippen MR) is 107 cm³/mol. The molecule has 1 unspecified atom stereocenters. The number of halogens is 1. The summed E-state index contributed by atoms with van der Waals surface area (Å²) >= 11 is -1.32. The highest BCUT2D eigenvalue weighted by molar-refractivity contribution is 7.90. The zero-order chi connectivity index (χ0) is 19.6. The molecule has 6 heteroatoms. The first-order valence-electron chi connectivity index (χ1n) is 8.80. The Balaban J connectivity index is 1.87. The first-order valence-corrected chi connectivity index (χ1v) is 9.95. The molecule has 2 N–H and O–H groups in total. The Kier molecular flexibility index (Phi) is 5.91. The van der Waals surface area contributed by atoms with Crippen LogP contribution in [0.2, 0.25) is 0 Å². The summed E-state index contributed by atoms with van der Waals surface area (Å²) in [6.07, 6.45) is 0.312. The minimum Gasteiger partial charge on any atom is -0.598 e. The van der Waals surface area contributed by atoms with Crippen molar-refractivity contribution in [2.75, 3.05) is 6.54 Å². The van der Waals surface area contributed by atoms with Gasteiger partial charge in [-0.15, -0.1) is 4.72 Å². The number of aliphatic hydroxyl groups is 1. The Bertz CT molecular complexity index is 919. The van der Waals surface area contributed by atoms with Gasteiger partial charge in [0.1, 0.15) is 16.5 Å². The van der Waals surface area contributed by atoms with Crippen molar-refractivity contribution < 1.29 is 18.5 Å².